The molecule has 0 aliphatic rings. The molecule has 0 radical (unpaired) electrons. The summed E-state index contributed by atoms with van der Waals surface area (Å²) in [4.78, 5) is 11.0. The van der Waals surface area contributed by atoms with Crippen LogP contribution >= 0.6 is 23.2 Å². The average Bonchev–Trinajstić information content (AvgIpc) is 3.26. The molecule has 0 saturated heterocycles. The molecule has 3 aromatic carbocycles. The average molecular weight is 525 g/mol. The summed E-state index contributed by atoms with van der Waals surface area (Å²) >= 11 is 12.9. The number of ether oxygens (including phenoxy) is 2. The Morgan fingerprint density at radius 3 is 2.22 bits per heavy atom. The molecule has 0 unspecified atom stereocenters. The lowest BCUT2D eigenvalue weighted by Crippen LogP contribution is -2.09. The summed E-state index contributed by atoms with van der Waals surface area (Å²) in [5.41, 5.74) is 4.81. The standard InChI is InChI=1S/C28H26Cl2N2O4/c1-17(2)23-14-31-32(27-24(29)5-4-6-25(27)30)26(23)16-36-22-12-9-20(18(3)13-22)15-35-21-10-7-19(8-11-21)28(33)34/h4-14,17H,15-16H2,1-3H3,(H,33,34). The quantitative estimate of drug-likeness (QED) is 0.246. The van der Waals surface area contributed by atoms with E-state index in [9.17, 15) is 4.79 Å². The van der Waals surface area contributed by atoms with E-state index in [1.807, 2.05) is 31.3 Å². The van der Waals surface area contributed by atoms with Gasteiger partial charge >= 0.3 is 5.97 Å². The molecule has 4 rings (SSSR count). The monoisotopic (exact) mass is 524 g/mol. The maximum Gasteiger partial charge on any atom is 0.335 e. The first-order chi connectivity index (χ1) is 17.2. The van der Waals surface area contributed by atoms with Gasteiger partial charge in [-0.2, -0.15) is 5.10 Å². The van der Waals surface area contributed by atoms with Crippen LogP contribution in [0.15, 0.2) is 66.9 Å². The lowest BCUT2D eigenvalue weighted by atomic mass is 10.0. The van der Waals surface area contributed by atoms with Crippen LogP contribution in [0.3, 0.4) is 0 Å². The fourth-order valence-corrected chi connectivity index (χ4v) is 4.38. The summed E-state index contributed by atoms with van der Waals surface area (Å²) in [5.74, 6) is 0.596. The van der Waals surface area contributed by atoms with Crippen molar-refractivity contribution < 1.29 is 19.4 Å². The van der Waals surface area contributed by atoms with Crippen molar-refractivity contribution in [3.05, 3.63) is 105 Å². The molecule has 0 aliphatic heterocycles. The number of aromatic nitrogens is 2. The van der Waals surface area contributed by atoms with Gasteiger partial charge in [-0.05, 0) is 78.1 Å². The molecule has 6 nitrogen and oxygen atoms in total. The van der Waals surface area contributed by atoms with Gasteiger partial charge in [0.1, 0.15) is 30.4 Å². The van der Waals surface area contributed by atoms with Crippen LogP contribution in [0.25, 0.3) is 5.69 Å². The van der Waals surface area contributed by atoms with Crippen molar-refractivity contribution in [1.82, 2.24) is 9.78 Å². The van der Waals surface area contributed by atoms with Crippen LogP contribution in [0.2, 0.25) is 10.0 Å². The third kappa shape index (κ3) is 5.66. The van der Waals surface area contributed by atoms with Crippen LogP contribution in [0.4, 0.5) is 0 Å². The van der Waals surface area contributed by atoms with Crippen molar-refractivity contribution >= 4 is 29.2 Å². The van der Waals surface area contributed by atoms with Gasteiger partial charge < -0.3 is 14.6 Å². The van der Waals surface area contributed by atoms with Crippen molar-refractivity contribution in [1.29, 1.82) is 0 Å². The summed E-state index contributed by atoms with van der Waals surface area (Å²) in [6.45, 7) is 6.85. The molecule has 1 aromatic heterocycles. The SMILES string of the molecule is Cc1cc(OCc2c(C(C)C)cnn2-c2c(Cl)cccc2Cl)ccc1COc1ccc(C(=O)O)cc1. The number of halogens is 2. The van der Waals surface area contributed by atoms with Gasteiger partial charge in [0.25, 0.3) is 0 Å². The highest BCUT2D eigenvalue weighted by molar-refractivity contribution is 6.37. The summed E-state index contributed by atoms with van der Waals surface area (Å²) in [7, 11) is 0. The first kappa shape index (κ1) is 25.6. The summed E-state index contributed by atoms with van der Waals surface area (Å²) in [6, 6.07) is 17.5. The second-order valence-corrected chi connectivity index (χ2v) is 9.49. The van der Waals surface area contributed by atoms with Gasteiger partial charge in [-0.15, -0.1) is 0 Å². The number of para-hydroxylation sites is 1. The molecule has 1 heterocycles. The first-order valence-electron chi connectivity index (χ1n) is 11.4. The fraction of sp³-hybridized carbons (Fsp3) is 0.214. The Balaban J connectivity index is 1.49. The lowest BCUT2D eigenvalue weighted by Gasteiger charge is -2.16. The highest BCUT2D eigenvalue weighted by Gasteiger charge is 2.19. The van der Waals surface area contributed by atoms with Crippen LogP contribution in [0.5, 0.6) is 11.5 Å². The molecule has 0 bridgehead atoms. The second-order valence-electron chi connectivity index (χ2n) is 8.68. The smallest absolute Gasteiger partial charge is 0.335 e. The van der Waals surface area contributed by atoms with Crippen molar-refractivity contribution in [3.63, 3.8) is 0 Å². The summed E-state index contributed by atoms with van der Waals surface area (Å²) in [5, 5.41) is 14.6. The van der Waals surface area contributed by atoms with Gasteiger partial charge in [0.15, 0.2) is 0 Å². The minimum atomic E-state index is -0.966. The molecule has 0 spiro atoms. The number of hydrogen-bond acceptors (Lipinski definition) is 4. The number of nitrogens with zero attached hydrogens (tertiary/aromatic N) is 2. The molecular formula is C28H26Cl2N2O4. The highest BCUT2D eigenvalue weighted by Crippen LogP contribution is 2.32. The zero-order valence-electron chi connectivity index (χ0n) is 20.2. The Bertz CT molecular complexity index is 1360. The molecule has 186 valence electrons. The Labute approximate surface area is 220 Å². The van der Waals surface area contributed by atoms with Gasteiger partial charge in [0.2, 0.25) is 0 Å². The van der Waals surface area contributed by atoms with E-state index in [2.05, 4.69) is 18.9 Å². The number of carboxylic acids is 1. The highest BCUT2D eigenvalue weighted by atomic mass is 35.5. The number of aromatic carboxylic acids is 1. The molecule has 4 aromatic rings. The van der Waals surface area contributed by atoms with Gasteiger partial charge in [-0.3, -0.25) is 0 Å². The molecule has 0 fully saturated rings. The molecule has 36 heavy (non-hydrogen) atoms. The number of hydrogen-bond donors (Lipinski definition) is 1. The number of rotatable bonds is 9. The molecule has 0 aliphatic carbocycles. The van der Waals surface area contributed by atoms with E-state index < -0.39 is 5.97 Å². The molecule has 0 saturated carbocycles. The molecule has 0 amide bonds. The number of carboxylic acid groups (broad SMARTS) is 1. The topological polar surface area (TPSA) is 73.6 Å². The van der Waals surface area contributed by atoms with Crippen LogP contribution < -0.4 is 9.47 Å². The molecule has 8 heteroatoms. The molecule has 1 N–H and O–H groups in total. The van der Waals surface area contributed by atoms with E-state index in [4.69, 9.17) is 37.8 Å². The van der Waals surface area contributed by atoms with E-state index in [0.29, 0.717) is 34.7 Å². The Morgan fingerprint density at radius 2 is 1.61 bits per heavy atom. The van der Waals surface area contributed by atoms with Crippen molar-refractivity contribution in [2.24, 2.45) is 0 Å². The van der Waals surface area contributed by atoms with Crippen LogP contribution in [-0.2, 0) is 13.2 Å². The maximum atomic E-state index is 11.0. The largest absolute Gasteiger partial charge is 0.489 e. The van der Waals surface area contributed by atoms with E-state index in [0.717, 1.165) is 28.1 Å². The molecular weight excluding hydrogens is 499 g/mol. The summed E-state index contributed by atoms with van der Waals surface area (Å²) in [6.07, 6.45) is 1.83. The molecule has 0 atom stereocenters. The van der Waals surface area contributed by atoms with E-state index in [1.165, 1.54) is 12.1 Å². The number of carbonyl (C=O) groups is 1. The van der Waals surface area contributed by atoms with E-state index in [1.54, 1.807) is 35.0 Å². The third-order valence-electron chi connectivity index (χ3n) is 5.86. The van der Waals surface area contributed by atoms with Crippen LogP contribution in [-0.4, -0.2) is 20.9 Å². The van der Waals surface area contributed by atoms with Crippen LogP contribution in [0.1, 0.15) is 52.5 Å². The normalized spacial score (nSPS) is 11.1. The lowest BCUT2D eigenvalue weighted by molar-refractivity contribution is 0.0697. The Hall–Kier alpha value is -3.48. The maximum absolute atomic E-state index is 11.0. The number of aryl methyl sites for hydroxylation is 1. The van der Waals surface area contributed by atoms with Crippen molar-refractivity contribution in [2.75, 3.05) is 0 Å². The Kier molecular flexibility index (Phi) is 7.87. The Morgan fingerprint density at radius 1 is 0.972 bits per heavy atom. The zero-order valence-corrected chi connectivity index (χ0v) is 21.7. The van der Waals surface area contributed by atoms with E-state index in [-0.39, 0.29) is 11.5 Å². The second kappa shape index (κ2) is 11.1. The fourth-order valence-electron chi connectivity index (χ4n) is 3.82. The minimum Gasteiger partial charge on any atom is -0.489 e. The van der Waals surface area contributed by atoms with E-state index >= 15 is 0 Å². The minimum absolute atomic E-state index is 0.221. The third-order valence-corrected chi connectivity index (χ3v) is 6.47. The predicted octanol–water partition coefficient (Wildman–Crippen LogP) is 7.47. The number of benzene rings is 3. The van der Waals surface area contributed by atoms with Crippen molar-refractivity contribution in [2.45, 2.75) is 39.9 Å². The van der Waals surface area contributed by atoms with Crippen LogP contribution in [0, 0.1) is 6.92 Å². The predicted molar refractivity (Wildman–Crippen MR) is 141 cm³/mol. The van der Waals surface area contributed by atoms with Gasteiger partial charge in [-0.1, -0.05) is 49.2 Å². The first-order valence-corrected chi connectivity index (χ1v) is 12.2. The van der Waals surface area contributed by atoms with Gasteiger partial charge in [0.05, 0.1) is 27.5 Å². The summed E-state index contributed by atoms with van der Waals surface area (Å²) < 4.78 is 13.8. The van der Waals surface area contributed by atoms with Gasteiger partial charge in [0, 0.05) is 0 Å². The zero-order chi connectivity index (χ0) is 25.8. The van der Waals surface area contributed by atoms with Gasteiger partial charge in [-0.25, -0.2) is 9.48 Å². The van der Waals surface area contributed by atoms with Crippen molar-refractivity contribution in [3.8, 4) is 17.2 Å².